The summed E-state index contributed by atoms with van der Waals surface area (Å²) in [4.78, 5) is 4.26. The van der Waals surface area contributed by atoms with Crippen molar-refractivity contribution in [2.45, 2.75) is 37.0 Å². The summed E-state index contributed by atoms with van der Waals surface area (Å²) in [6.45, 7) is 0. The summed E-state index contributed by atoms with van der Waals surface area (Å²) in [5.41, 5.74) is 6.24. The number of hydrogen-bond donors (Lipinski definition) is 2. The SMILES string of the molecule is CSC1CCCCC1Nc1ncc(N)cc1Cl. The van der Waals surface area contributed by atoms with Gasteiger partial charge in [-0.15, -0.1) is 0 Å². The third-order valence-electron chi connectivity index (χ3n) is 3.19. The maximum absolute atomic E-state index is 6.13. The number of pyridine rings is 1. The van der Waals surface area contributed by atoms with E-state index in [0.717, 1.165) is 5.82 Å². The van der Waals surface area contributed by atoms with Gasteiger partial charge in [0.05, 0.1) is 16.9 Å². The van der Waals surface area contributed by atoms with Crippen LogP contribution in [0.15, 0.2) is 12.3 Å². The van der Waals surface area contributed by atoms with Gasteiger partial charge in [0.2, 0.25) is 0 Å². The van der Waals surface area contributed by atoms with Crippen LogP contribution in [0.1, 0.15) is 25.7 Å². The fourth-order valence-corrected chi connectivity index (χ4v) is 3.44. The number of halogens is 1. The Bertz CT molecular complexity index is 386. The smallest absolute Gasteiger partial charge is 0.145 e. The molecule has 1 fully saturated rings. The van der Waals surface area contributed by atoms with E-state index in [1.54, 1.807) is 12.3 Å². The van der Waals surface area contributed by atoms with Crippen molar-refractivity contribution < 1.29 is 0 Å². The monoisotopic (exact) mass is 271 g/mol. The molecule has 2 atom stereocenters. The van der Waals surface area contributed by atoms with Gasteiger partial charge in [-0.3, -0.25) is 0 Å². The molecule has 3 nitrogen and oxygen atoms in total. The molecular weight excluding hydrogens is 254 g/mol. The van der Waals surface area contributed by atoms with Gasteiger partial charge in [0, 0.05) is 11.3 Å². The lowest BCUT2D eigenvalue weighted by atomic mass is 9.95. The summed E-state index contributed by atoms with van der Waals surface area (Å²) in [6.07, 6.45) is 8.88. The summed E-state index contributed by atoms with van der Waals surface area (Å²) < 4.78 is 0. The largest absolute Gasteiger partial charge is 0.397 e. The molecule has 1 aliphatic carbocycles. The normalized spacial score (nSPS) is 24.6. The first-order valence-electron chi connectivity index (χ1n) is 5.91. The third kappa shape index (κ3) is 3.19. The quantitative estimate of drug-likeness (QED) is 0.885. The van der Waals surface area contributed by atoms with Gasteiger partial charge < -0.3 is 11.1 Å². The molecule has 2 rings (SSSR count). The van der Waals surface area contributed by atoms with E-state index in [1.165, 1.54) is 25.7 Å². The van der Waals surface area contributed by atoms with Crippen molar-refractivity contribution in [3.05, 3.63) is 17.3 Å². The zero-order valence-corrected chi connectivity index (χ0v) is 11.5. The number of nitrogens with one attached hydrogen (secondary N) is 1. The highest BCUT2D eigenvalue weighted by atomic mass is 35.5. The van der Waals surface area contributed by atoms with E-state index in [2.05, 4.69) is 16.6 Å². The van der Waals surface area contributed by atoms with Gasteiger partial charge >= 0.3 is 0 Å². The molecule has 0 aromatic carbocycles. The van der Waals surface area contributed by atoms with Crippen LogP contribution in [0.3, 0.4) is 0 Å². The lowest BCUT2D eigenvalue weighted by Crippen LogP contribution is -2.34. The minimum Gasteiger partial charge on any atom is -0.397 e. The zero-order chi connectivity index (χ0) is 12.3. The van der Waals surface area contributed by atoms with Crippen LogP contribution >= 0.6 is 23.4 Å². The van der Waals surface area contributed by atoms with Gasteiger partial charge in [0.15, 0.2) is 0 Å². The molecule has 5 heteroatoms. The molecule has 1 aliphatic rings. The Kier molecular flexibility index (Phi) is 4.40. The molecule has 0 radical (unpaired) electrons. The van der Waals surface area contributed by atoms with Crippen molar-refractivity contribution in [2.24, 2.45) is 0 Å². The van der Waals surface area contributed by atoms with Crippen molar-refractivity contribution >= 4 is 34.9 Å². The Morgan fingerprint density at radius 1 is 1.47 bits per heavy atom. The molecule has 0 amide bonds. The molecule has 0 bridgehead atoms. The highest BCUT2D eigenvalue weighted by molar-refractivity contribution is 7.99. The van der Waals surface area contributed by atoms with Gasteiger partial charge in [-0.25, -0.2) is 4.98 Å². The Balaban J connectivity index is 2.08. The predicted octanol–water partition coefficient (Wildman–Crippen LogP) is 3.40. The lowest BCUT2D eigenvalue weighted by Gasteiger charge is -2.31. The highest BCUT2D eigenvalue weighted by Crippen LogP contribution is 2.31. The van der Waals surface area contributed by atoms with Crippen LogP contribution in [0, 0.1) is 0 Å². The van der Waals surface area contributed by atoms with Crippen molar-refractivity contribution in [2.75, 3.05) is 17.3 Å². The summed E-state index contributed by atoms with van der Waals surface area (Å²) in [5, 5.41) is 4.72. The van der Waals surface area contributed by atoms with Crippen molar-refractivity contribution in [3.63, 3.8) is 0 Å². The molecule has 94 valence electrons. The molecule has 1 aromatic heterocycles. The van der Waals surface area contributed by atoms with Crippen LogP contribution < -0.4 is 11.1 Å². The van der Waals surface area contributed by atoms with E-state index in [0.29, 0.717) is 22.0 Å². The van der Waals surface area contributed by atoms with E-state index in [-0.39, 0.29) is 0 Å². The summed E-state index contributed by atoms with van der Waals surface area (Å²) in [6, 6.07) is 2.21. The molecule has 1 heterocycles. The van der Waals surface area contributed by atoms with Crippen LogP contribution in [0.5, 0.6) is 0 Å². The molecule has 2 unspecified atom stereocenters. The van der Waals surface area contributed by atoms with Crippen molar-refractivity contribution in [1.29, 1.82) is 0 Å². The van der Waals surface area contributed by atoms with Gasteiger partial charge in [-0.2, -0.15) is 11.8 Å². The van der Waals surface area contributed by atoms with Gasteiger partial charge in [0.25, 0.3) is 0 Å². The average Bonchev–Trinajstić information content (AvgIpc) is 2.33. The standard InChI is InChI=1S/C12H18ClN3S/c1-17-11-5-3-2-4-10(11)16-12-9(13)6-8(14)7-15-12/h6-7,10-11H,2-5,14H2,1H3,(H,15,16). The fourth-order valence-electron chi connectivity index (χ4n) is 2.28. The molecule has 3 N–H and O–H groups in total. The van der Waals surface area contributed by atoms with E-state index < -0.39 is 0 Å². The second-order valence-corrected chi connectivity index (χ2v) is 5.89. The highest BCUT2D eigenvalue weighted by Gasteiger charge is 2.24. The maximum atomic E-state index is 6.13. The van der Waals surface area contributed by atoms with Gasteiger partial charge in [-0.1, -0.05) is 24.4 Å². The number of nitrogens with two attached hydrogens (primary N) is 1. The number of hydrogen-bond acceptors (Lipinski definition) is 4. The minimum absolute atomic E-state index is 0.465. The number of nitrogen functional groups attached to an aromatic ring is 1. The molecule has 0 aliphatic heterocycles. The van der Waals surface area contributed by atoms with E-state index in [9.17, 15) is 0 Å². The molecule has 1 saturated carbocycles. The molecule has 0 spiro atoms. The Labute approximate surface area is 112 Å². The fraction of sp³-hybridized carbons (Fsp3) is 0.583. The van der Waals surface area contributed by atoms with E-state index in [4.69, 9.17) is 17.3 Å². The van der Waals surface area contributed by atoms with Gasteiger partial charge in [-0.05, 0) is 25.2 Å². The minimum atomic E-state index is 0.465. The first-order chi connectivity index (χ1) is 8.20. The number of anilines is 2. The molecule has 1 aromatic rings. The summed E-state index contributed by atoms with van der Waals surface area (Å²) in [5.74, 6) is 0.756. The summed E-state index contributed by atoms with van der Waals surface area (Å²) in [7, 11) is 0. The maximum Gasteiger partial charge on any atom is 0.145 e. The van der Waals surface area contributed by atoms with E-state index >= 15 is 0 Å². The van der Waals surface area contributed by atoms with E-state index in [1.807, 2.05) is 11.8 Å². The van der Waals surface area contributed by atoms with Crippen LogP contribution in [-0.2, 0) is 0 Å². The van der Waals surface area contributed by atoms with Gasteiger partial charge in [0.1, 0.15) is 5.82 Å². The van der Waals surface area contributed by atoms with Crippen LogP contribution in [0.2, 0.25) is 5.02 Å². The lowest BCUT2D eigenvalue weighted by molar-refractivity contribution is 0.474. The van der Waals surface area contributed by atoms with Crippen LogP contribution in [0.4, 0.5) is 11.5 Å². The van der Waals surface area contributed by atoms with Crippen LogP contribution in [-0.4, -0.2) is 22.5 Å². The third-order valence-corrected chi connectivity index (χ3v) is 4.65. The first-order valence-corrected chi connectivity index (χ1v) is 7.57. The van der Waals surface area contributed by atoms with Crippen molar-refractivity contribution in [1.82, 2.24) is 4.98 Å². The topological polar surface area (TPSA) is 50.9 Å². The first kappa shape index (κ1) is 12.8. The Hall–Kier alpha value is -0.610. The molecule has 0 saturated heterocycles. The average molecular weight is 272 g/mol. The summed E-state index contributed by atoms with van der Waals surface area (Å²) >= 11 is 8.05. The molecular formula is C12H18ClN3S. The second-order valence-electron chi connectivity index (χ2n) is 4.41. The number of nitrogens with zero attached hydrogens (tertiary/aromatic N) is 1. The number of thioether (sulfide) groups is 1. The zero-order valence-electron chi connectivity index (χ0n) is 9.95. The van der Waals surface area contributed by atoms with Crippen LogP contribution in [0.25, 0.3) is 0 Å². The van der Waals surface area contributed by atoms with Crippen molar-refractivity contribution in [3.8, 4) is 0 Å². The Morgan fingerprint density at radius 3 is 2.94 bits per heavy atom. The number of rotatable bonds is 3. The molecule has 17 heavy (non-hydrogen) atoms. The number of aromatic nitrogens is 1. The Morgan fingerprint density at radius 2 is 2.24 bits per heavy atom. The second kappa shape index (κ2) is 5.83. The predicted molar refractivity (Wildman–Crippen MR) is 76.8 cm³/mol.